The van der Waals surface area contributed by atoms with E-state index >= 15 is 0 Å². The van der Waals surface area contributed by atoms with Gasteiger partial charge in [0, 0.05) is 39.7 Å². The van der Waals surface area contributed by atoms with Crippen molar-refractivity contribution < 1.29 is 38.1 Å². The Labute approximate surface area is 145 Å². The molecule has 138 valence electrons. The number of ketones is 1. The highest BCUT2D eigenvalue weighted by molar-refractivity contribution is 6.04. The SMILES string of the molecule is COC(=O)C1=C[C@@]2(OC)C(=O)C(OC)(OC)[C@@H]1C[C@@H]2/C=C/OC(C)=O. The minimum Gasteiger partial charge on any atom is -0.466 e. The van der Waals surface area contributed by atoms with Crippen LogP contribution in [0.15, 0.2) is 24.0 Å². The Kier molecular flexibility index (Phi) is 5.46. The van der Waals surface area contributed by atoms with E-state index in [2.05, 4.69) is 0 Å². The summed E-state index contributed by atoms with van der Waals surface area (Å²) < 4.78 is 26.0. The molecular formula is C17H22O8. The van der Waals surface area contributed by atoms with Crippen molar-refractivity contribution in [2.24, 2.45) is 11.8 Å². The first-order valence-electron chi connectivity index (χ1n) is 7.68. The van der Waals surface area contributed by atoms with Crippen molar-refractivity contribution in [3.05, 3.63) is 24.0 Å². The zero-order valence-corrected chi connectivity index (χ0v) is 14.9. The smallest absolute Gasteiger partial charge is 0.334 e. The van der Waals surface area contributed by atoms with Crippen molar-refractivity contribution in [3.63, 3.8) is 0 Å². The molecule has 8 nitrogen and oxygen atoms in total. The van der Waals surface area contributed by atoms with Crippen molar-refractivity contribution in [2.45, 2.75) is 24.7 Å². The Balaban J connectivity index is 2.57. The quantitative estimate of drug-likeness (QED) is 0.392. The summed E-state index contributed by atoms with van der Waals surface area (Å²) in [6.07, 6.45) is 4.54. The van der Waals surface area contributed by atoms with Crippen LogP contribution in [0.1, 0.15) is 13.3 Å². The fourth-order valence-electron chi connectivity index (χ4n) is 3.65. The van der Waals surface area contributed by atoms with Crippen molar-refractivity contribution >= 4 is 17.7 Å². The molecule has 0 aromatic rings. The third-order valence-corrected chi connectivity index (χ3v) is 4.83. The van der Waals surface area contributed by atoms with E-state index in [0.717, 1.165) is 0 Å². The van der Waals surface area contributed by atoms with Gasteiger partial charge in [0.15, 0.2) is 5.60 Å². The van der Waals surface area contributed by atoms with Gasteiger partial charge < -0.3 is 23.7 Å². The molecule has 3 aliphatic carbocycles. The van der Waals surface area contributed by atoms with E-state index in [1.807, 2.05) is 0 Å². The van der Waals surface area contributed by atoms with E-state index < -0.39 is 40.9 Å². The number of Topliss-reactive ketones (excluding diaryl/α,β-unsaturated/α-hetero) is 1. The van der Waals surface area contributed by atoms with Gasteiger partial charge >= 0.3 is 11.9 Å². The van der Waals surface area contributed by atoms with E-state index in [0.29, 0.717) is 6.42 Å². The fraction of sp³-hybridized carbons (Fsp3) is 0.588. The summed E-state index contributed by atoms with van der Waals surface area (Å²) >= 11 is 0. The first-order chi connectivity index (χ1) is 11.8. The summed E-state index contributed by atoms with van der Waals surface area (Å²) in [6, 6.07) is 0. The predicted octanol–water partition coefficient (Wildman–Crippen LogP) is 0.756. The first kappa shape index (κ1) is 19.3. The Morgan fingerprint density at radius 1 is 1.16 bits per heavy atom. The molecule has 0 aromatic heterocycles. The molecule has 0 N–H and O–H groups in total. The number of esters is 2. The van der Waals surface area contributed by atoms with Crippen LogP contribution < -0.4 is 0 Å². The van der Waals surface area contributed by atoms with Gasteiger partial charge in [-0.05, 0) is 18.6 Å². The summed E-state index contributed by atoms with van der Waals surface area (Å²) in [5.41, 5.74) is -1.24. The average Bonchev–Trinajstić information content (AvgIpc) is 2.62. The lowest BCUT2D eigenvalue weighted by molar-refractivity contribution is -0.257. The van der Waals surface area contributed by atoms with Crippen molar-refractivity contribution in [1.29, 1.82) is 0 Å². The molecule has 8 heteroatoms. The lowest BCUT2D eigenvalue weighted by Crippen LogP contribution is -2.69. The van der Waals surface area contributed by atoms with Crippen LogP contribution in [-0.4, -0.2) is 57.5 Å². The number of carbonyl (C=O) groups is 3. The van der Waals surface area contributed by atoms with Crippen LogP contribution in [0.5, 0.6) is 0 Å². The monoisotopic (exact) mass is 354 g/mol. The number of fused-ring (bicyclic) bond motifs is 2. The molecule has 0 saturated heterocycles. The summed E-state index contributed by atoms with van der Waals surface area (Å²) in [5.74, 6) is -4.34. The Bertz CT molecular complexity index is 631. The molecule has 0 aliphatic heterocycles. The fourth-order valence-corrected chi connectivity index (χ4v) is 3.65. The molecule has 0 heterocycles. The number of hydrogen-bond donors (Lipinski definition) is 0. The van der Waals surface area contributed by atoms with Crippen LogP contribution in [0.2, 0.25) is 0 Å². The minimum atomic E-state index is -1.65. The second-order valence-corrected chi connectivity index (χ2v) is 5.83. The van der Waals surface area contributed by atoms with Crippen LogP contribution in [0, 0.1) is 11.8 Å². The molecule has 25 heavy (non-hydrogen) atoms. The van der Waals surface area contributed by atoms with Crippen molar-refractivity contribution in [3.8, 4) is 0 Å². The van der Waals surface area contributed by atoms with Crippen LogP contribution in [0.4, 0.5) is 0 Å². The van der Waals surface area contributed by atoms with Gasteiger partial charge in [0.1, 0.15) is 0 Å². The third kappa shape index (κ3) is 2.80. The molecule has 1 saturated carbocycles. The largest absolute Gasteiger partial charge is 0.466 e. The van der Waals surface area contributed by atoms with E-state index in [-0.39, 0.29) is 5.57 Å². The van der Waals surface area contributed by atoms with Gasteiger partial charge in [-0.1, -0.05) is 0 Å². The highest BCUT2D eigenvalue weighted by Gasteiger charge is 2.68. The molecule has 0 unspecified atom stereocenters. The Hall–Kier alpha value is -2.03. The lowest BCUT2D eigenvalue weighted by Gasteiger charge is -2.54. The van der Waals surface area contributed by atoms with E-state index in [1.165, 1.54) is 47.7 Å². The first-order valence-corrected chi connectivity index (χ1v) is 7.68. The number of methoxy groups -OCH3 is 4. The molecule has 1 fully saturated rings. The third-order valence-electron chi connectivity index (χ3n) is 4.83. The molecular weight excluding hydrogens is 332 g/mol. The molecule has 0 amide bonds. The summed E-state index contributed by atoms with van der Waals surface area (Å²) in [7, 11) is 5.29. The maximum absolute atomic E-state index is 13.2. The molecule has 3 atom stereocenters. The van der Waals surface area contributed by atoms with Gasteiger partial charge in [0.2, 0.25) is 11.6 Å². The average molecular weight is 354 g/mol. The van der Waals surface area contributed by atoms with E-state index in [4.69, 9.17) is 23.7 Å². The van der Waals surface area contributed by atoms with Gasteiger partial charge in [-0.3, -0.25) is 9.59 Å². The molecule has 3 rings (SSSR count). The summed E-state index contributed by atoms with van der Waals surface area (Å²) in [5, 5.41) is 0. The number of carbonyl (C=O) groups excluding carboxylic acids is 3. The number of hydrogen-bond acceptors (Lipinski definition) is 8. The molecule has 3 aliphatic rings. The van der Waals surface area contributed by atoms with Crippen LogP contribution in [-0.2, 0) is 38.1 Å². The summed E-state index contributed by atoms with van der Waals surface area (Å²) in [4.78, 5) is 36.3. The zero-order chi connectivity index (χ0) is 18.8. The Morgan fingerprint density at radius 3 is 2.28 bits per heavy atom. The summed E-state index contributed by atoms with van der Waals surface area (Å²) in [6.45, 7) is 1.27. The predicted molar refractivity (Wildman–Crippen MR) is 84.1 cm³/mol. The molecule has 0 spiro atoms. The van der Waals surface area contributed by atoms with Gasteiger partial charge in [-0.2, -0.15) is 0 Å². The Morgan fingerprint density at radius 2 is 1.80 bits per heavy atom. The van der Waals surface area contributed by atoms with Gasteiger partial charge in [-0.15, -0.1) is 0 Å². The van der Waals surface area contributed by atoms with Crippen LogP contribution >= 0.6 is 0 Å². The van der Waals surface area contributed by atoms with Crippen molar-refractivity contribution in [1.82, 2.24) is 0 Å². The van der Waals surface area contributed by atoms with Crippen LogP contribution in [0.25, 0.3) is 0 Å². The maximum atomic E-state index is 13.2. The second-order valence-electron chi connectivity index (χ2n) is 5.83. The maximum Gasteiger partial charge on any atom is 0.334 e. The normalized spacial score (nSPS) is 30.3. The minimum absolute atomic E-state index is 0.254. The second kappa shape index (κ2) is 7.07. The molecule has 0 radical (unpaired) electrons. The number of ether oxygens (including phenoxy) is 5. The van der Waals surface area contributed by atoms with Gasteiger partial charge in [-0.25, -0.2) is 4.79 Å². The highest BCUT2D eigenvalue weighted by Crippen LogP contribution is 2.53. The van der Waals surface area contributed by atoms with Gasteiger partial charge in [0.25, 0.3) is 0 Å². The topological polar surface area (TPSA) is 97.4 Å². The highest BCUT2D eigenvalue weighted by atomic mass is 16.7. The zero-order valence-electron chi connectivity index (χ0n) is 14.9. The van der Waals surface area contributed by atoms with Crippen molar-refractivity contribution in [2.75, 3.05) is 28.4 Å². The van der Waals surface area contributed by atoms with Crippen LogP contribution in [0.3, 0.4) is 0 Å². The van der Waals surface area contributed by atoms with E-state index in [1.54, 1.807) is 6.08 Å². The molecule has 2 bridgehead atoms. The van der Waals surface area contributed by atoms with Gasteiger partial charge in [0.05, 0.1) is 19.3 Å². The standard InChI is InChI=1S/C17H22O8/c1-10(18)25-7-6-11-8-13-12(14(19)21-2)9-16(11,22-3)15(20)17(13,23-4)24-5/h6-7,9,11,13H,8H2,1-5H3/b7-6+/t11-,13+,16-/m0/s1. The lowest BCUT2D eigenvalue weighted by atomic mass is 9.58. The molecule has 0 aromatic carbocycles. The number of rotatable bonds is 6. The van der Waals surface area contributed by atoms with E-state index in [9.17, 15) is 14.4 Å².